The first-order chi connectivity index (χ1) is 14.0. The Balaban J connectivity index is 1.67. The van der Waals surface area contributed by atoms with E-state index in [9.17, 15) is 9.59 Å². The lowest BCUT2D eigenvalue weighted by Gasteiger charge is -2.21. The number of methoxy groups -OCH3 is 1. The smallest absolute Gasteiger partial charge is 0.257 e. The normalized spacial score (nSPS) is 10.4. The molecule has 1 heterocycles. The highest BCUT2D eigenvalue weighted by atomic mass is 16.5. The Bertz CT molecular complexity index is 998. The maximum atomic E-state index is 12.8. The molecule has 0 saturated carbocycles. The summed E-state index contributed by atoms with van der Waals surface area (Å²) >= 11 is 0. The van der Waals surface area contributed by atoms with Crippen LogP contribution in [0, 0.1) is 6.92 Å². The van der Waals surface area contributed by atoms with E-state index in [1.807, 2.05) is 13.0 Å². The average Bonchev–Trinajstić information content (AvgIpc) is 3.18. The highest BCUT2D eigenvalue weighted by Gasteiger charge is 2.18. The Hall–Kier alpha value is -3.68. The van der Waals surface area contributed by atoms with E-state index in [1.54, 1.807) is 49.4 Å². The summed E-state index contributed by atoms with van der Waals surface area (Å²) in [5, 5.41) is 6.54. The van der Waals surface area contributed by atoms with Gasteiger partial charge in [0.25, 0.3) is 11.8 Å². The summed E-state index contributed by atoms with van der Waals surface area (Å²) in [4.78, 5) is 30.9. The number of para-hydroxylation sites is 2. The van der Waals surface area contributed by atoms with Crippen molar-refractivity contribution in [2.24, 2.45) is 0 Å². The topological polar surface area (TPSA) is 97.6 Å². The number of anilines is 1. The maximum Gasteiger partial charge on any atom is 0.257 e. The van der Waals surface area contributed by atoms with Gasteiger partial charge in [-0.1, -0.05) is 17.3 Å². The number of amides is 2. The van der Waals surface area contributed by atoms with Gasteiger partial charge < -0.3 is 19.5 Å². The maximum absolute atomic E-state index is 12.8. The molecule has 1 aromatic heterocycles. The number of aryl methyl sites for hydroxylation is 1. The fraction of sp³-hybridized carbons (Fsp3) is 0.238. The summed E-state index contributed by atoms with van der Waals surface area (Å²) < 4.78 is 10.4. The summed E-state index contributed by atoms with van der Waals surface area (Å²) in [6, 6.07) is 13.9. The molecule has 0 bridgehead atoms. The molecular formula is C21H22N4O4. The molecule has 3 aromatic rings. The second-order valence-corrected chi connectivity index (χ2v) is 6.29. The number of benzene rings is 2. The molecule has 2 aromatic carbocycles. The van der Waals surface area contributed by atoms with Crippen LogP contribution in [0.2, 0.25) is 0 Å². The lowest BCUT2D eigenvalue weighted by atomic mass is 10.1. The minimum Gasteiger partial charge on any atom is -0.495 e. The van der Waals surface area contributed by atoms with Gasteiger partial charge in [-0.2, -0.15) is 4.98 Å². The Morgan fingerprint density at radius 1 is 1.14 bits per heavy atom. The number of aromatic nitrogens is 2. The number of carbonyl (C=O) groups is 2. The number of carbonyl (C=O) groups excluding carboxylic acids is 2. The highest BCUT2D eigenvalue weighted by Crippen LogP contribution is 2.23. The lowest BCUT2D eigenvalue weighted by Crippen LogP contribution is -2.37. The quantitative estimate of drug-likeness (QED) is 0.661. The van der Waals surface area contributed by atoms with Gasteiger partial charge in [-0.25, -0.2) is 0 Å². The van der Waals surface area contributed by atoms with Crippen molar-refractivity contribution >= 4 is 17.5 Å². The van der Waals surface area contributed by atoms with Crippen LogP contribution in [-0.2, 0) is 4.79 Å². The van der Waals surface area contributed by atoms with Crippen LogP contribution in [-0.4, -0.2) is 47.1 Å². The average molecular weight is 394 g/mol. The molecule has 0 aliphatic carbocycles. The molecule has 8 nitrogen and oxygen atoms in total. The van der Waals surface area contributed by atoms with Crippen molar-refractivity contribution in [3.05, 3.63) is 59.9 Å². The molecule has 0 spiro atoms. The Labute approximate surface area is 168 Å². The van der Waals surface area contributed by atoms with E-state index < -0.39 is 0 Å². The second-order valence-electron chi connectivity index (χ2n) is 6.29. The SMILES string of the molecule is CCN(CC(=O)Nc1ccccc1OC)C(=O)c1ccc(-c2nc(C)no2)cc1. The monoisotopic (exact) mass is 394 g/mol. The van der Waals surface area contributed by atoms with Gasteiger partial charge in [0.2, 0.25) is 5.91 Å². The predicted molar refractivity (Wildman–Crippen MR) is 108 cm³/mol. The van der Waals surface area contributed by atoms with Gasteiger partial charge in [0.1, 0.15) is 12.3 Å². The minimum atomic E-state index is -0.303. The Morgan fingerprint density at radius 2 is 1.86 bits per heavy atom. The molecule has 0 unspecified atom stereocenters. The fourth-order valence-corrected chi connectivity index (χ4v) is 2.79. The molecule has 0 aliphatic rings. The van der Waals surface area contributed by atoms with Crippen molar-refractivity contribution < 1.29 is 18.8 Å². The molecular weight excluding hydrogens is 372 g/mol. The van der Waals surface area contributed by atoms with Gasteiger partial charge in [0.05, 0.1) is 12.8 Å². The molecule has 150 valence electrons. The fourth-order valence-electron chi connectivity index (χ4n) is 2.79. The van der Waals surface area contributed by atoms with E-state index in [2.05, 4.69) is 15.5 Å². The summed E-state index contributed by atoms with van der Waals surface area (Å²) in [5.74, 6) is 0.948. The summed E-state index contributed by atoms with van der Waals surface area (Å²) in [6.07, 6.45) is 0. The van der Waals surface area contributed by atoms with Crippen molar-refractivity contribution in [2.45, 2.75) is 13.8 Å². The summed E-state index contributed by atoms with van der Waals surface area (Å²) in [6.45, 7) is 3.88. The number of likely N-dealkylation sites (N-methyl/N-ethyl adjacent to an activating group) is 1. The van der Waals surface area contributed by atoms with Gasteiger partial charge in [-0.3, -0.25) is 9.59 Å². The third kappa shape index (κ3) is 4.78. The molecule has 3 rings (SSSR count). The molecule has 29 heavy (non-hydrogen) atoms. The molecule has 1 N–H and O–H groups in total. The first-order valence-electron chi connectivity index (χ1n) is 9.14. The van der Waals surface area contributed by atoms with Crippen molar-refractivity contribution in [3.8, 4) is 17.2 Å². The summed E-state index contributed by atoms with van der Waals surface area (Å²) in [5.41, 5.74) is 1.75. The van der Waals surface area contributed by atoms with E-state index in [0.717, 1.165) is 5.56 Å². The second kappa shape index (κ2) is 9.01. The largest absolute Gasteiger partial charge is 0.495 e. The lowest BCUT2D eigenvalue weighted by molar-refractivity contribution is -0.116. The molecule has 0 fully saturated rings. The van der Waals surface area contributed by atoms with Crippen LogP contribution in [0.25, 0.3) is 11.5 Å². The number of hydrogen-bond acceptors (Lipinski definition) is 6. The van der Waals surface area contributed by atoms with Crippen LogP contribution in [0.5, 0.6) is 5.75 Å². The van der Waals surface area contributed by atoms with Crippen LogP contribution in [0.4, 0.5) is 5.69 Å². The number of nitrogens with zero attached hydrogens (tertiary/aromatic N) is 3. The third-order valence-electron chi connectivity index (χ3n) is 4.29. The molecule has 0 saturated heterocycles. The summed E-state index contributed by atoms with van der Waals surface area (Å²) in [7, 11) is 1.53. The zero-order chi connectivity index (χ0) is 20.8. The van der Waals surface area contributed by atoms with Gasteiger partial charge in [-0.05, 0) is 50.2 Å². The first-order valence-corrected chi connectivity index (χ1v) is 9.14. The van der Waals surface area contributed by atoms with Crippen LogP contribution < -0.4 is 10.1 Å². The molecule has 8 heteroatoms. The van der Waals surface area contributed by atoms with E-state index in [4.69, 9.17) is 9.26 Å². The van der Waals surface area contributed by atoms with E-state index in [-0.39, 0.29) is 18.4 Å². The molecule has 0 radical (unpaired) electrons. The number of hydrogen-bond donors (Lipinski definition) is 1. The standard InChI is InChI=1S/C21H22N4O4/c1-4-25(13-19(26)23-17-7-5-6-8-18(17)28-3)21(27)16-11-9-15(10-12-16)20-22-14(2)24-29-20/h5-12H,4,13H2,1-3H3,(H,23,26). The molecule has 2 amide bonds. The minimum absolute atomic E-state index is 0.0714. The van der Waals surface area contributed by atoms with Gasteiger partial charge in [0, 0.05) is 17.7 Å². The Morgan fingerprint density at radius 3 is 2.48 bits per heavy atom. The molecule has 0 atom stereocenters. The van der Waals surface area contributed by atoms with E-state index in [0.29, 0.717) is 35.3 Å². The zero-order valence-electron chi connectivity index (χ0n) is 16.5. The third-order valence-corrected chi connectivity index (χ3v) is 4.29. The predicted octanol–water partition coefficient (Wildman–Crippen LogP) is 3.15. The van der Waals surface area contributed by atoms with Crippen molar-refractivity contribution in [1.29, 1.82) is 0 Å². The van der Waals surface area contributed by atoms with Crippen LogP contribution in [0.3, 0.4) is 0 Å². The highest BCUT2D eigenvalue weighted by molar-refractivity contribution is 6.00. The van der Waals surface area contributed by atoms with Gasteiger partial charge in [-0.15, -0.1) is 0 Å². The van der Waals surface area contributed by atoms with Crippen molar-refractivity contribution in [3.63, 3.8) is 0 Å². The van der Waals surface area contributed by atoms with Crippen molar-refractivity contribution in [1.82, 2.24) is 15.0 Å². The van der Waals surface area contributed by atoms with Crippen LogP contribution >= 0.6 is 0 Å². The first kappa shape index (κ1) is 20.1. The van der Waals surface area contributed by atoms with Crippen LogP contribution in [0.1, 0.15) is 23.1 Å². The molecule has 0 aliphatic heterocycles. The number of ether oxygens (including phenoxy) is 1. The van der Waals surface area contributed by atoms with Crippen LogP contribution in [0.15, 0.2) is 53.1 Å². The van der Waals surface area contributed by atoms with Gasteiger partial charge in [0.15, 0.2) is 5.82 Å². The van der Waals surface area contributed by atoms with Crippen molar-refractivity contribution in [2.75, 3.05) is 25.5 Å². The number of nitrogens with one attached hydrogen (secondary N) is 1. The van der Waals surface area contributed by atoms with Gasteiger partial charge >= 0.3 is 0 Å². The number of rotatable bonds is 7. The van der Waals surface area contributed by atoms with E-state index >= 15 is 0 Å². The Kier molecular flexibility index (Phi) is 6.23. The zero-order valence-corrected chi connectivity index (χ0v) is 16.5. The van der Waals surface area contributed by atoms with E-state index in [1.165, 1.54) is 12.0 Å².